The van der Waals surface area contributed by atoms with E-state index in [1.807, 2.05) is 0 Å². The fourth-order valence-corrected chi connectivity index (χ4v) is 0.342. The van der Waals surface area contributed by atoms with Gasteiger partial charge in [0.15, 0.2) is 5.03 Å². The molecule has 0 unspecified atom stereocenters. The molecule has 0 saturated carbocycles. The molecule has 0 saturated heterocycles. The van der Waals surface area contributed by atoms with Gasteiger partial charge in [-0.05, 0) is 10.4 Å². The van der Waals surface area contributed by atoms with Crippen molar-refractivity contribution in [2.24, 2.45) is 0 Å². The molecule has 1 aromatic rings. The number of nitro groups is 1. The summed E-state index contributed by atoms with van der Waals surface area (Å²) in [6, 6.07) is 0. The molecule has 0 aliphatic rings. The van der Waals surface area contributed by atoms with Crippen LogP contribution in [0.4, 0.5) is 5.82 Å². The van der Waals surface area contributed by atoms with Crippen LogP contribution >= 0.6 is 0 Å². The highest BCUT2D eigenvalue weighted by molar-refractivity contribution is 5.23. The molecular formula is C2H2N6O2. The van der Waals surface area contributed by atoms with Crippen LogP contribution in [-0.4, -0.2) is 25.7 Å². The summed E-state index contributed by atoms with van der Waals surface area (Å²) < 4.78 is 0. The molecular weight excluding hydrogens is 140 g/mol. The molecule has 1 aromatic heterocycles. The maximum absolute atomic E-state index is 9.75. The summed E-state index contributed by atoms with van der Waals surface area (Å²) in [5.41, 5.74) is 1.75. The van der Waals surface area contributed by atoms with Gasteiger partial charge in [-0.15, -0.1) is 10.2 Å². The zero-order valence-corrected chi connectivity index (χ0v) is 4.63. The van der Waals surface area contributed by atoms with E-state index >= 15 is 0 Å². The number of nitrogens with one attached hydrogen (secondary N) is 1. The number of hydrogen-bond donors (Lipinski definition) is 1. The Hall–Kier alpha value is -1.86. The predicted molar refractivity (Wildman–Crippen MR) is 28.2 cm³/mol. The summed E-state index contributed by atoms with van der Waals surface area (Å²) in [6.07, 6.45) is 1.09. The van der Waals surface area contributed by atoms with Crippen LogP contribution < -0.4 is 5.43 Å². The van der Waals surface area contributed by atoms with E-state index in [2.05, 4.69) is 20.6 Å². The molecule has 10 heavy (non-hydrogen) atoms. The van der Waals surface area contributed by atoms with E-state index in [-0.39, 0.29) is 5.82 Å². The Morgan fingerprint density at radius 2 is 2.40 bits per heavy atom. The molecule has 0 atom stereocenters. The van der Waals surface area contributed by atoms with E-state index < -0.39 is 5.03 Å². The summed E-state index contributed by atoms with van der Waals surface area (Å²) in [4.78, 5) is 9.75. The van der Waals surface area contributed by atoms with Crippen LogP contribution in [0.5, 0.6) is 0 Å². The molecule has 0 aliphatic heterocycles. The van der Waals surface area contributed by atoms with E-state index in [1.165, 1.54) is 0 Å². The maximum atomic E-state index is 9.75. The minimum atomic E-state index is -0.758. The fourth-order valence-electron chi connectivity index (χ4n) is 0.342. The second-order valence-corrected chi connectivity index (χ2v) is 1.28. The summed E-state index contributed by atoms with van der Waals surface area (Å²) >= 11 is 0. The van der Waals surface area contributed by atoms with Crippen LogP contribution in [0.2, 0.25) is 0 Å². The van der Waals surface area contributed by atoms with Crippen molar-refractivity contribution in [1.29, 1.82) is 0 Å². The van der Waals surface area contributed by atoms with E-state index in [0.29, 0.717) is 0 Å². The lowest BCUT2D eigenvalue weighted by atomic mass is 10.8. The summed E-state index contributed by atoms with van der Waals surface area (Å²) in [6.45, 7) is 0. The van der Waals surface area contributed by atoms with Gasteiger partial charge in [-0.3, -0.25) is 0 Å². The third-order valence-electron chi connectivity index (χ3n) is 0.630. The number of hydrogen-bond acceptors (Lipinski definition) is 6. The van der Waals surface area contributed by atoms with E-state index in [0.717, 1.165) is 6.20 Å². The normalized spacial score (nSPS) is 8.80. The summed E-state index contributed by atoms with van der Waals surface area (Å²) in [7, 11) is 0. The molecule has 8 heteroatoms. The van der Waals surface area contributed by atoms with Gasteiger partial charge in [-0.25, -0.2) is 10.1 Å². The Kier molecular flexibility index (Phi) is 1.64. The van der Waals surface area contributed by atoms with Gasteiger partial charge in [0.25, 0.3) is 0 Å². The van der Waals surface area contributed by atoms with Crippen molar-refractivity contribution in [2.45, 2.75) is 0 Å². The summed E-state index contributed by atoms with van der Waals surface area (Å²) in [5.74, 6) is -0.0417. The van der Waals surface area contributed by atoms with Gasteiger partial charge in [0.2, 0.25) is 5.82 Å². The fraction of sp³-hybridized carbons (Fsp3) is 0. The molecule has 52 valence electrons. The van der Waals surface area contributed by atoms with Crippen molar-refractivity contribution in [3.05, 3.63) is 16.3 Å². The van der Waals surface area contributed by atoms with E-state index in [9.17, 15) is 10.1 Å². The van der Waals surface area contributed by atoms with Crippen molar-refractivity contribution in [1.82, 2.24) is 20.6 Å². The molecule has 1 rings (SSSR count). The maximum Gasteiger partial charge on any atom is 0.234 e. The van der Waals surface area contributed by atoms with Crippen LogP contribution in [0.1, 0.15) is 0 Å². The van der Waals surface area contributed by atoms with Crippen LogP contribution in [0.15, 0.2) is 6.20 Å². The third kappa shape index (κ3) is 1.58. The first kappa shape index (κ1) is 6.26. The van der Waals surface area contributed by atoms with Gasteiger partial charge in [0.1, 0.15) is 6.20 Å². The largest absolute Gasteiger partial charge is 0.234 e. The molecule has 0 aliphatic carbocycles. The number of hydrazine groups is 1. The first-order valence-corrected chi connectivity index (χ1v) is 2.21. The van der Waals surface area contributed by atoms with Crippen LogP contribution in [0.25, 0.3) is 0 Å². The van der Waals surface area contributed by atoms with E-state index in [4.69, 9.17) is 0 Å². The monoisotopic (exact) mass is 142 g/mol. The third-order valence-corrected chi connectivity index (χ3v) is 0.630. The minimum absolute atomic E-state index is 0.0417. The van der Waals surface area contributed by atoms with Crippen molar-refractivity contribution in [2.75, 3.05) is 5.43 Å². The lowest BCUT2D eigenvalue weighted by Crippen LogP contribution is -2.10. The average molecular weight is 142 g/mol. The molecule has 1 N–H and O–H groups in total. The zero-order chi connectivity index (χ0) is 7.40. The minimum Gasteiger partial charge on any atom is -0.234 e. The van der Waals surface area contributed by atoms with Crippen molar-refractivity contribution in [3.8, 4) is 0 Å². The Morgan fingerprint density at radius 3 is 2.90 bits per heavy atom. The Morgan fingerprint density at radius 1 is 1.60 bits per heavy atom. The van der Waals surface area contributed by atoms with Crippen molar-refractivity contribution < 1.29 is 5.03 Å². The van der Waals surface area contributed by atoms with Crippen LogP contribution in [-0.2, 0) is 0 Å². The molecule has 0 spiro atoms. The lowest BCUT2D eigenvalue weighted by Gasteiger charge is -1.89. The quantitative estimate of drug-likeness (QED) is 0.411. The highest BCUT2D eigenvalue weighted by Gasteiger charge is 1.98. The Bertz CT molecular complexity index is 222. The lowest BCUT2D eigenvalue weighted by molar-refractivity contribution is -0.445. The molecule has 0 aromatic carbocycles. The first-order chi connectivity index (χ1) is 4.79. The molecule has 0 bridgehead atoms. The molecule has 8 nitrogen and oxygen atoms in total. The molecule has 1 heterocycles. The second kappa shape index (κ2) is 2.62. The van der Waals surface area contributed by atoms with Crippen LogP contribution in [0, 0.1) is 10.1 Å². The van der Waals surface area contributed by atoms with Crippen molar-refractivity contribution in [3.63, 3.8) is 0 Å². The highest BCUT2D eigenvalue weighted by atomic mass is 16.7. The average Bonchev–Trinajstić information content (AvgIpc) is 1.88. The SMILES string of the molecule is O=[N+]([O-])Nc1cnnnn1. The number of anilines is 1. The number of rotatable bonds is 2. The van der Waals surface area contributed by atoms with Gasteiger partial charge in [-0.1, -0.05) is 5.43 Å². The van der Waals surface area contributed by atoms with Crippen LogP contribution in [0.3, 0.4) is 0 Å². The van der Waals surface area contributed by atoms with Gasteiger partial charge >= 0.3 is 0 Å². The number of aromatic nitrogens is 4. The molecule has 0 fully saturated rings. The predicted octanol–water partition coefficient (Wildman–Crippen LogP) is -1.13. The second-order valence-electron chi connectivity index (χ2n) is 1.28. The Labute approximate surface area is 54.4 Å². The van der Waals surface area contributed by atoms with Gasteiger partial charge < -0.3 is 0 Å². The molecule has 0 radical (unpaired) electrons. The first-order valence-electron chi connectivity index (χ1n) is 2.21. The van der Waals surface area contributed by atoms with Gasteiger partial charge in [-0.2, -0.15) is 0 Å². The standard InChI is InChI=1S/C2H2N6O2/c9-8(10)5-2-1-3-6-7-4-2/h1H,(H,4,5,6). The zero-order valence-electron chi connectivity index (χ0n) is 4.63. The topological polar surface area (TPSA) is 107 Å². The highest BCUT2D eigenvalue weighted by Crippen LogP contribution is 1.91. The number of nitrogens with zero attached hydrogens (tertiary/aromatic N) is 5. The molecule has 0 amide bonds. The van der Waals surface area contributed by atoms with Crippen molar-refractivity contribution >= 4 is 5.82 Å². The smallest absolute Gasteiger partial charge is 0.234 e. The summed E-state index contributed by atoms with van der Waals surface area (Å²) in [5, 5.41) is 21.6. The van der Waals surface area contributed by atoms with Gasteiger partial charge in [0.05, 0.1) is 0 Å². The van der Waals surface area contributed by atoms with Gasteiger partial charge in [0, 0.05) is 0 Å². The van der Waals surface area contributed by atoms with E-state index in [1.54, 1.807) is 5.43 Å². The Balaban J connectivity index is 2.67.